The van der Waals surface area contributed by atoms with Crippen LogP contribution in [0.1, 0.15) is 32.4 Å². The van der Waals surface area contributed by atoms with Crippen LogP contribution in [-0.4, -0.2) is 65.0 Å². The number of sulfone groups is 1. The molecule has 2 aromatic heterocycles. The van der Waals surface area contributed by atoms with Crippen molar-refractivity contribution in [1.29, 1.82) is 0 Å². The fourth-order valence-electron chi connectivity index (χ4n) is 3.03. The van der Waals surface area contributed by atoms with E-state index in [4.69, 9.17) is 26.4 Å². The molecule has 1 saturated heterocycles. The van der Waals surface area contributed by atoms with Crippen molar-refractivity contribution in [1.82, 2.24) is 19.9 Å². The Morgan fingerprint density at radius 2 is 1.88 bits per heavy atom. The molecule has 0 N–H and O–H groups in total. The van der Waals surface area contributed by atoms with Gasteiger partial charge in [0.2, 0.25) is 5.82 Å². The topological polar surface area (TPSA) is 104 Å². The minimum atomic E-state index is -3.47. The lowest BCUT2D eigenvalue weighted by Gasteiger charge is -2.33. The monoisotopic (exact) mass is 484 g/mol. The zero-order chi connectivity index (χ0) is 23.5. The van der Waals surface area contributed by atoms with Gasteiger partial charge in [0.05, 0.1) is 11.8 Å². The summed E-state index contributed by atoms with van der Waals surface area (Å²) in [7, 11) is -3.47. The van der Waals surface area contributed by atoms with Gasteiger partial charge < -0.3 is 19.1 Å². The van der Waals surface area contributed by atoms with Gasteiger partial charge in [-0.15, -0.1) is 0 Å². The van der Waals surface area contributed by atoms with Gasteiger partial charge in [-0.05, 0) is 45.1 Å². The molecule has 32 heavy (non-hydrogen) atoms. The van der Waals surface area contributed by atoms with Crippen LogP contribution >= 0.6 is 12.2 Å². The Morgan fingerprint density at radius 3 is 2.47 bits per heavy atom. The molecule has 2 aromatic rings. The molecule has 9 nitrogen and oxygen atoms in total. The molecule has 0 spiro atoms. The molecule has 1 fully saturated rings. The Balaban J connectivity index is 1.66. The van der Waals surface area contributed by atoms with Crippen molar-refractivity contribution < 1.29 is 27.0 Å². The molecule has 3 heterocycles. The highest BCUT2D eigenvalue weighted by molar-refractivity contribution is 7.90. The SMILES string of the molecule is Cc1nc(S(C)(=O)=O)ccc1Oc1ncnc(OC2CCN(C(=S)OC(C)C)CC2)c1F. The van der Waals surface area contributed by atoms with Crippen molar-refractivity contribution in [2.75, 3.05) is 19.3 Å². The van der Waals surface area contributed by atoms with E-state index in [1.54, 1.807) is 6.92 Å². The first-order valence-corrected chi connectivity index (χ1v) is 12.3. The van der Waals surface area contributed by atoms with Gasteiger partial charge in [0, 0.05) is 32.2 Å². The molecular formula is C20H25FN4O5S2. The quantitative estimate of drug-likeness (QED) is 0.568. The molecule has 0 unspecified atom stereocenters. The third-order valence-corrected chi connectivity index (χ3v) is 5.98. The molecule has 12 heteroatoms. The Hall–Kier alpha value is -2.60. The van der Waals surface area contributed by atoms with Gasteiger partial charge in [-0.1, -0.05) is 0 Å². The van der Waals surface area contributed by atoms with Gasteiger partial charge in [0.1, 0.15) is 12.4 Å². The maximum Gasteiger partial charge on any atom is 0.263 e. The Kier molecular flexibility index (Phi) is 7.44. The highest BCUT2D eigenvalue weighted by Gasteiger charge is 2.26. The van der Waals surface area contributed by atoms with Crippen LogP contribution in [0, 0.1) is 12.7 Å². The molecule has 0 saturated carbocycles. The zero-order valence-corrected chi connectivity index (χ0v) is 19.9. The van der Waals surface area contributed by atoms with Gasteiger partial charge in [-0.25, -0.2) is 13.4 Å². The van der Waals surface area contributed by atoms with E-state index in [9.17, 15) is 12.8 Å². The van der Waals surface area contributed by atoms with Crippen molar-refractivity contribution in [2.45, 2.75) is 50.8 Å². The summed E-state index contributed by atoms with van der Waals surface area (Å²) in [5.74, 6) is -1.23. The summed E-state index contributed by atoms with van der Waals surface area (Å²) in [4.78, 5) is 13.7. The highest BCUT2D eigenvalue weighted by atomic mass is 32.2. The summed E-state index contributed by atoms with van der Waals surface area (Å²) in [6, 6.07) is 2.69. The molecular weight excluding hydrogens is 459 g/mol. The van der Waals surface area contributed by atoms with Gasteiger partial charge in [0.15, 0.2) is 20.6 Å². The summed E-state index contributed by atoms with van der Waals surface area (Å²) >= 11 is 5.28. The molecule has 3 rings (SSSR count). The van der Waals surface area contributed by atoms with Crippen molar-refractivity contribution in [2.24, 2.45) is 0 Å². The van der Waals surface area contributed by atoms with Crippen molar-refractivity contribution >= 4 is 27.2 Å². The summed E-state index contributed by atoms with van der Waals surface area (Å²) < 4.78 is 55.0. The van der Waals surface area contributed by atoms with Gasteiger partial charge in [0.25, 0.3) is 16.9 Å². The molecule has 1 aliphatic heterocycles. The first kappa shape index (κ1) is 24.1. The summed E-state index contributed by atoms with van der Waals surface area (Å²) in [6.45, 7) is 6.64. The fourth-order valence-corrected chi connectivity index (χ4v) is 4.02. The Morgan fingerprint density at radius 1 is 1.22 bits per heavy atom. The Labute approximate surface area is 191 Å². The van der Waals surface area contributed by atoms with Crippen molar-refractivity contribution in [3.05, 3.63) is 30.0 Å². The number of aryl methyl sites for hydroxylation is 1. The van der Waals surface area contributed by atoms with E-state index in [1.165, 1.54) is 12.1 Å². The summed E-state index contributed by atoms with van der Waals surface area (Å²) in [6.07, 6.45) is 3.20. The van der Waals surface area contributed by atoms with E-state index in [0.717, 1.165) is 12.6 Å². The number of hydrogen-bond donors (Lipinski definition) is 0. The lowest BCUT2D eigenvalue weighted by Crippen LogP contribution is -2.42. The number of halogens is 1. The summed E-state index contributed by atoms with van der Waals surface area (Å²) in [5.41, 5.74) is 0.278. The zero-order valence-electron chi connectivity index (χ0n) is 18.2. The average Bonchev–Trinajstić information content (AvgIpc) is 2.71. The molecule has 0 bridgehead atoms. The number of likely N-dealkylation sites (tertiary alicyclic amines) is 1. The van der Waals surface area contributed by atoms with E-state index in [2.05, 4.69) is 15.0 Å². The fraction of sp³-hybridized carbons (Fsp3) is 0.500. The largest absolute Gasteiger partial charge is 0.472 e. The number of aromatic nitrogens is 3. The van der Waals surface area contributed by atoms with E-state index >= 15 is 0 Å². The minimum Gasteiger partial charge on any atom is -0.472 e. The third kappa shape index (κ3) is 6.00. The lowest BCUT2D eigenvalue weighted by atomic mass is 10.1. The minimum absolute atomic E-state index is 0.00595. The van der Waals surface area contributed by atoms with E-state index in [1.807, 2.05) is 18.7 Å². The van der Waals surface area contributed by atoms with Gasteiger partial charge in [-0.3, -0.25) is 0 Å². The van der Waals surface area contributed by atoms with Crippen molar-refractivity contribution in [3.63, 3.8) is 0 Å². The number of thiocarbonyl (C=S) groups is 1. The van der Waals surface area contributed by atoms with E-state index in [0.29, 0.717) is 31.1 Å². The number of rotatable bonds is 6. The average molecular weight is 485 g/mol. The maximum absolute atomic E-state index is 14.9. The van der Waals surface area contributed by atoms with Crippen molar-refractivity contribution in [3.8, 4) is 17.5 Å². The predicted octanol–water partition coefficient (Wildman–Crippen LogP) is 3.07. The molecule has 174 valence electrons. The van der Waals surface area contributed by atoms with Crippen LogP contribution in [0.15, 0.2) is 23.5 Å². The number of nitrogens with zero attached hydrogens (tertiary/aromatic N) is 4. The number of piperidine rings is 1. The third-order valence-electron chi connectivity index (χ3n) is 4.64. The summed E-state index contributed by atoms with van der Waals surface area (Å²) in [5, 5.41) is 0.354. The van der Waals surface area contributed by atoms with Gasteiger partial charge in [-0.2, -0.15) is 14.4 Å². The second-order valence-electron chi connectivity index (χ2n) is 7.64. The molecule has 0 radical (unpaired) electrons. The normalized spacial score (nSPS) is 15.0. The molecule has 0 aliphatic carbocycles. The number of hydrogen-bond acceptors (Lipinski definition) is 9. The second kappa shape index (κ2) is 9.90. The van der Waals surface area contributed by atoms with Crippen LogP contribution in [0.3, 0.4) is 0 Å². The number of pyridine rings is 1. The van der Waals surface area contributed by atoms with E-state index in [-0.39, 0.29) is 40.4 Å². The molecule has 1 aliphatic rings. The van der Waals surface area contributed by atoms with Crippen LogP contribution in [0.2, 0.25) is 0 Å². The highest BCUT2D eigenvalue weighted by Crippen LogP contribution is 2.30. The number of ether oxygens (including phenoxy) is 3. The van der Waals surface area contributed by atoms with Gasteiger partial charge >= 0.3 is 0 Å². The van der Waals surface area contributed by atoms with Crippen LogP contribution in [0.4, 0.5) is 4.39 Å². The maximum atomic E-state index is 14.9. The van der Waals surface area contributed by atoms with E-state index < -0.39 is 15.7 Å². The van der Waals surface area contributed by atoms with Crippen LogP contribution in [-0.2, 0) is 14.6 Å². The predicted molar refractivity (Wildman–Crippen MR) is 118 cm³/mol. The first-order chi connectivity index (χ1) is 15.0. The standard InChI is InChI=1S/C20H25FN4O5S2/c1-12(2)28-20(31)25-9-7-14(8-10-25)29-18-17(21)19(23-11-22-18)30-15-5-6-16(24-13(15)3)32(4,26)27/h5-6,11-12,14H,7-10H2,1-4H3. The molecule has 0 atom stereocenters. The molecule has 0 aromatic carbocycles. The van der Waals surface area contributed by atoms with Crippen LogP contribution < -0.4 is 9.47 Å². The van der Waals surface area contributed by atoms with Crippen LogP contribution in [0.5, 0.6) is 17.5 Å². The molecule has 0 amide bonds. The second-order valence-corrected chi connectivity index (χ2v) is 9.95. The lowest BCUT2D eigenvalue weighted by molar-refractivity contribution is 0.102. The smallest absolute Gasteiger partial charge is 0.263 e. The Bertz CT molecular complexity index is 1090. The first-order valence-electron chi connectivity index (χ1n) is 10.0. The van der Waals surface area contributed by atoms with Crippen LogP contribution in [0.25, 0.3) is 0 Å².